The van der Waals surface area contributed by atoms with Crippen LogP contribution in [0.4, 0.5) is 0 Å². The van der Waals surface area contributed by atoms with E-state index in [0.717, 1.165) is 23.0 Å². The molecule has 142 valence electrons. The molecule has 0 aliphatic rings. The van der Waals surface area contributed by atoms with Crippen LogP contribution in [0, 0.1) is 0 Å². The Labute approximate surface area is 162 Å². The highest BCUT2D eigenvalue weighted by atomic mass is 16.3. The van der Waals surface area contributed by atoms with Crippen LogP contribution >= 0.6 is 0 Å². The van der Waals surface area contributed by atoms with Crippen LogP contribution < -0.4 is 5.32 Å². The van der Waals surface area contributed by atoms with Crippen LogP contribution in [-0.4, -0.2) is 26.1 Å². The number of amides is 1. The summed E-state index contributed by atoms with van der Waals surface area (Å²) in [5.41, 5.74) is 2.92. The summed E-state index contributed by atoms with van der Waals surface area (Å²) in [6.45, 7) is 3.98. The molecule has 0 aliphatic carbocycles. The van der Waals surface area contributed by atoms with Crippen molar-refractivity contribution in [2.75, 3.05) is 0 Å². The average molecular weight is 375 g/mol. The molecule has 7 nitrogen and oxygen atoms in total. The summed E-state index contributed by atoms with van der Waals surface area (Å²) >= 11 is 0. The van der Waals surface area contributed by atoms with Crippen molar-refractivity contribution in [3.05, 3.63) is 65.9 Å². The zero-order chi connectivity index (χ0) is 19.5. The number of para-hydroxylation sites is 1. The summed E-state index contributed by atoms with van der Waals surface area (Å²) in [7, 11) is 0. The lowest BCUT2D eigenvalue weighted by Crippen LogP contribution is -2.30. The van der Waals surface area contributed by atoms with Gasteiger partial charge in [-0.1, -0.05) is 49.4 Å². The van der Waals surface area contributed by atoms with Gasteiger partial charge in [0.15, 0.2) is 0 Å². The van der Waals surface area contributed by atoms with Crippen molar-refractivity contribution in [3.63, 3.8) is 0 Å². The SMILES string of the molecule is CCc1ccc(-c2nnn(CC(=O)N[C@H](C)c3cc4ccccc4o3)n2)cc1. The van der Waals surface area contributed by atoms with E-state index in [-0.39, 0.29) is 18.5 Å². The van der Waals surface area contributed by atoms with Crippen LogP contribution in [0.2, 0.25) is 0 Å². The molecule has 0 fully saturated rings. The predicted octanol–water partition coefficient (Wildman–Crippen LogP) is 3.53. The fourth-order valence-electron chi connectivity index (χ4n) is 3.02. The molecule has 2 aromatic carbocycles. The van der Waals surface area contributed by atoms with Gasteiger partial charge in [0, 0.05) is 10.9 Å². The molecule has 2 aromatic heterocycles. The first kappa shape index (κ1) is 17.9. The zero-order valence-corrected chi connectivity index (χ0v) is 15.8. The van der Waals surface area contributed by atoms with Crippen LogP contribution in [0.1, 0.15) is 31.2 Å². The molecule has 4 rings (SSSR count). The number of benzene rings is 2. The molecule has 1 atom stereocenters. The molecule has 2 heterocycles. The third-order valence-electron chi connectivity index (χ3n) is 4.61. The van der Waals surface area contributed by atoms with E-state index in [1.54, 1.807) is 0 Å². The maximum atomic E-state index is 12.4. The number of aromatic nitrogens is 4. The van der Waals surface area contributed by atoms with E-state index in [2.05, 4.69) is 27.7 Å². The number of fused-ring (bicyclic) bond motifs is 1. The number of nitrogens with one attached hydrogen (secondary N) is 1. The van der Waals surface area contributed by atoms with Gasteiger partial charge in [0.05, 0.1) is 6.04 Å². The van der Waals surface area contributed by atoms with E-state index >= 15 is 0 Å². The minimum absolute atomic E-state index is 0.00931. The average Bonchev–Trinajstić information content (AvgIpc) is 3.35. The molecular formula is C21H21N5O2. The van der Waals surface area contributed by atoms with Crippen LogP contribution in [0.15, 0.2) is 59.0 Å². The molecule has 0 spiro atoms. The number of carbonyl (C=O) groups is 1. The largest absolute Gasteiger partial charge is 0.459 e. The van der Waals surface area contributed by atoms with Gasteiger partial charge in [0.2, 0.25) is 11.7 Å². The molecule has 7 heteroatoms. The van der Waals surface area contributed by atoms with Crippen LogP contribution in [0.5, 0.6) is 0 Å². The fraction of sp³-hybridized carbons (Fsp3) is 0.238. The molecule has 0 saturated heterocycles. The van der Waals surface area contributed by atoms with Gasteiger partial charge in [0.1, 0.15) is 17.9 Å². The van der Waals surface area contributed by atoms with E-state index in [1.807, 2.05) is 61.5 Å². The molecule has 0 bridgehead atoms. The highest BCUT2D eigenvalue weighted by Crippen LogP contribution is 2.23. The van der Waals surface area contributed by atoms with Gasteiger partial charge < -0.3 is 9.73 Å². The van der Waals surface area contributed by atoms with Gasteiger partial charge >= 0.3 is 0 Å². The monoisotopic (exact) mass is 375 g/mol. The minimum Gasteiger partial charge on any atom is -0.459 e. The van der Waals surface area contributed by atoms with Crippen molar-refractivity contribution in [1.29, 1.82) is 0 Å². The van der Waals surface area contributed by atoms with Gasteiger partial charge in [-0.05, 0) is 36.3 Å². The Morgan fingerprint density at radius 1 is 1.18 bits per heavy atom. The number of furan rings is 1. The first-order valence-corrected chi connectivity index (χ1v) is 9.27. The highest BCUT2D eigenvalue weighted by Gasteiger charge is 2.16. The molecule has 1 amide bonds. The highest BCUT2D eigenvalue weighted by molar-refractivity contribution is 5.79. The number of hydrogen-bond acceptors (Lipinski definition) is 5. The summed E-state index contributed by atoms with van der Waals surface area (Å²) in [6.07, 6.45) is 0.976. The summed E-state index contributed by atoms with van der Waals surface area (Å²) < 4.78 is 5.80. The molecule has 0 unspecified atom stereocenters. The Kier molecular flexibility index (Phi) is 4.89. The maximum Gasteiger partial charge on any atom is 0.244 e. The van der Waals surface area contributed by atoms with Crippen LogP contribution in [0.25, 0.3) is 22.4 Å². The number of hydrogen-bond donors (Lipinski definition) is 1. The Morgan fingerprint density at radius 3 is 2.71 bits per heavy atom. The first-order chi connectivity index (χ1) is 13.6. The van der Waals surface area contributed by atoms with Crippen molar-refractivity contribution < 1.29 is 9.21 Å². The zero-order valence-electron chi connectivity index (χ0n) is 15.8. The quantitative estimate of drug-likeness (QED) is 0.557. The topological polar surface area (TPSA) is 85.8 Å². The lowest BCUT2D eigenvalue weighted by molar-refractivity contribution is -0.122. The van der Waals surface area contributed by atoms with Crippen molar-refractivity contribution in [2.45, 2.75) is 32.9 Å². The standard InChI is InChI=1S/C21H21N5O2/c1-3-15-8-10-16(11-9-15)21-23-25-26(24-21)13-20(27)22-14(2)19-12-17-6-4-5-7-18(17)28-19/h4-12,14H,3,13H2,1-2H3,(H,22,27)/t14-/m1/s1. The van der Waals surface area contributed by atoms with E-state index in [4.69, 9.17) is 4.42 Å². The number of tetrazole rings is 1. The van der Waals surface area contributed by atoms with Crippen LogP contribution in [0.3, 0.4) is 0 Å². The molecule has 0 saturated carbocycles. The second-order valence-corrected chi connectivity index (χ2v) is 6.67. The number of carbonyl (C=O) groups excluding carboxylic acids is 1. The normalized spacial score (nSPS) is 12.2. The van der Waals surface area contributed by atoms with Gasteiger partial charge in [0.25, 0.3) is 0 Å². The van der Waals surface area contributed by atoms with Crippen molar-refractivity contribution in [1.82, 2.24) is 25.5 Å². The summed E-state index contributed by atoms with van der Waals surface area (Å²) in [5, 5.41) is 16.2. The smallest absolute Gasteiger partial charge is 0.244 e. The Morgan fingerprint density at radius 2 is 1.96 bits per heavy atom. The van der Waals surface area contributed by atoms with Crippen LogP contribution in [-0.2, 0) is 17.8 Å². The molecular weight excluding hydrogens is 354 g/mol. The predicted molar refractivity (Wildman–Crippen MR) is 105 cm³/mol. The Hall–Kier alpha value is -3.48. The molecule has 4 aromatic rings. The lowest BCUT2D eigenvalue weighted by Gasteiger charge is -2.10. The van der Waals surface area contributed by atoms with Crippen molar-refractivity contribution in [3.8, 4) is 11.4 Å². The summed E-state index contributed by atoms with van der Waals surface area (Å²) in [4.78, 5) is 13.7. The first-order valence-electron chi connectivity index (χ1n) is 9.27. The fourth-order valence-corrected chi connectivity index (χ4v) is 3.02. The third kappa shape index (κ3) is 3.78. The van der Waals surface area contributed by atoms with E-state index in [1.165, 1.54) is 10.4 Å². The number of aryl methyl sites for hydroxylation is 1. The van der Waals surface area contributed by atoms with Crippen molar-refractivity contribution in [2.24, 2.45) is 0 Å². The summed E-state index contributed by atoms with van der Waals surface area (Å²) in [6, 6.07) is 17.4. The Bertz CT molecular complexity index is 1060. The molecule has 0 radical (unpaired) electrons. The van der Waals surface area contributed by atoms with Gasteiger partial charge in [-0.25, -0.2) is 0 Å². The van der Waals surface area contributed by atoms with Gasteiger partial charge in [-0.15, -0.1) is 10.2 Å². The van der Waals surface area contributed by atoms with E-state index < -0.39 is 0 Å². The second kappa shape index (κ2) is 7.64. The molecule has 0 aliphatic heterocycles. The van der Waals surface area contributed by atoms with Gasteiger partial charge in [-0.2, -0.15) is 4.80 Å². The maximum absolute atomic E-state index is 12.4. The number of nitrogens with zero attached hydrogens (tertiary/aromatic N) is 4. The third-order valence-corrected chi connectivity index (χ3v) is 4.61. The van der Waals surface area contributed by atoms with Crippen molar-refractivity contribution >= 4 is 16.9 Å². The summed E-state index contributed by atoms with van der Waals surface area (Å²) in [5.74, 6) is 0.997. The van der Waals surface area contributed by atoms with E-state index in [0.29, 0.717) is 11.6 Å². The second-order valence-electron chi connectivity index (χ2n) is 6.67. The van der Waals surface area contributed by atoms with E-state index in [9.17, 15) is 4.79 Å². The number of rotatable bonds is 6. The molecule has 28 heavy (non-hydrogen) atoms. The minimum atomic E-state index is -0.260. The Balaban J connectivity index is 1.40. The lowest BCUT2D eigenvalue weighted by atomic mass is 10.1. The van der Waals surface area contributed by atoms with Gasteiger partial charge in [-0.3, -0.25) is 4.79 Å². The molecule has 1 N–H and O–H groups in total.